The summed E-state index contributed by atoms with van der Waals surface area (Å²) in [5, 5.41) is 12.6. The lowest BCUT2D eigenvalue weighted by molar-refractivity contribution is 0.435. The molecule has 1 aromatic heterocycles. The van der Waals surface area contributed by atoms with Crippen LogP contribution < -0.4 is 5.73 Å². The summed E-state index contributed by atoms with van der Waals surface area (Å²) in [5.74, 6) is 1.03. The molecule has 0 radical (unpaired) electrons. The van der Waals surface area contributed by atoms with Crippen LogP contribution in [0, 0.1) is 0 Å². The van der Waals surface area contributed by atoms with Gasteiger partial charge in [-0.15, -0.1) is 5.10 Å². The predicted molar refractivity (Wildman–Crippen MR) is 81.8 cm³/mol. The summed E-state index contributed by atoms with van der Waals surface area (Å²) >= 11 is 0. The van der Waals surface area contributed by atoms with Crippen molar-refractivity contribution in [1.82, 2.24) is 20.2 Å². The number of tetrazole rings is 1. The molecule has 1 aromatic carbocycles. The molecule has 1 aliphatic carbocycles. The molecule has 0 aliphatic heterocycles. The van der Waals surface area contributed by atoms with E-state index in [-0.39, 0.29) is 5.41 Å². The molecule has 3 rings (SSSR count). The van der Waals surface area contributed by atoms with Crippen molar-refractivity contribution >= 4 is 0 Å². The molecule has 0 spiro atoms. The summed E-state index contributed by atoms with van der Waals surface area (Å²) in [6.07, 6.45) is 6.79. The van der Waals surface area contributed by atoms with Crippen molar-refractivity contribution in [2.75, 3.05) is 6.54 Å². The lowest BCUT2D eigenvalue weighted by atomic mass is 9.78. The van der Waals surface area contributed by atoms with Crippen LogP contribution in [0.5, 0.6) is 0 Å². The molecule has 2 aromatic rings. The molecule has 21 heavy (non-hydrogen) atoms. The first-order valence-corrected chi connectivity index (χ1v) is 7.89. The Balaban J connectivity index is 1.94. The van der Waals surface area contributed by atoms with Gasteiger partial charge in [0.1, 0.15) is 0 Å². The molecule has 2 N–H and O–H groups in total. The standard InChI is InChI=1S/C16H23N5/c17-12-6-7-13-21-15(18-19-20-21)16(10-4-5-11-16)14-8-2-1-3-9-14/h1-3,8-9H,4-7,10-13,17H2. The average molecular weight is 285 g/mol. The summed E-state index contributed by atoms with van der Waals surface area (Å²) in [6.45, 7) is 1.58. The maximum absolute atomic E-state index is 5.58. The number of unbranched alkanes of at least 4 members (excludes halogenated alkanes) is 1. The maximum atomic E-state index is 5.58. The second-order valence-corrected chi connectivity index (χ2v) is 5.88. The molecule has 0 unspecified atom stereocenters. The minimum absolute atomic E-state index is 0.00647. The third-order valence-electron chi connectivity index (χ3n) is 4.57. The lowest BCUT2D eigenvalue weighted by Crippen LogP contribution is -2.29. The van der Waals surface area contributed by atoms with Crippen molar-refractivity contribution in [3.8, 4) is 0 Å². The van der Waals surface area contributed by atoms with Crippen LogP contribution in [0.3, 0.4) is 0 Å². The summed E-state index contributed by atoms with van der Waals surface area (Å²) in [6, 6.07) is 10.7. The van der Waals surface area contributed by atoms with Gasteiger partial charge in [-0.05, 0) is 48.2 Å². The van der Waals surface area contributed by atoms with Crippen molar-refractivity contribution < 1.29 is 0 Å². The van der Waals surface area contributed by atoms with E-state index in [9.17, 15) is 0 Å². The van der Waals surface area contributed by atoms with Crippen LogP contribution in [0.2, 0.25) is 0 Å². The number of rotatable bonds is 6. The Labute approximate surface area is 125 Å². The summed E-state index contributed by atoms with van der Waals surface area (Å²) < 4.78 is 1.99. The second-order valence-electron chi connectivity index (χ2n) is 5.88. The molecule has 0 bridgehead atoms. The van der Waals surface area contributed by atoms with Crippen LogP contribution >= 0.6 is 0 Å². The number of benzene rings is 1. The summed E-state index contributed by atoms with van der Waals surface area (Å²) in [4.78, 5) is 0. The number of hydrogen-bond donors (Lipinski definition) is 1. The van der Waals surface area contributed by atoms with Gasteiger partial charge in [0.05, 0.1) is 5.41 Å². The van der Waals surface area contributed by atoms with Crippen molar-refractivity contribution in [2.24, 2.45) is 5.73 Å². The van der Waals surface area contributed by atoms with E-state index in [1.807, 2.05) is 4.68 Å². The predicted octanol–water partition coefficient (Wildman–Crippen LogP) is 2.27. The zero-order chi connectivity index (χ0) is 14.5. The fourth-order valence-electron chi connectivity index (χ4n) is 3.48. The first-order chi connectivity index (χ1) is 10.4. The number of aromatic nitrogens is 4. The quantitative estimate of drug-likeness (QED) is 0.827. The van der Waals surface area contributed by atoms with Gasteiger partial charge in [-0.1, -0.05) is 43.2 Å². The SMILES string of the molecule is NCCCCn1nnnc1C1(c2ccccc2)CCCC1. The van der Waals surface area contributed by atoms with Crippen LogP contribution in [0.25, 0.3) is 0 Å². The highest BCUT2D eigenvalue weighted by Crippen LogP contribution is 2.45. The third-order valence-corrected chi connectivity index (χ3v) is 4.57. The van der Waals surface area contributed by atoms with Crippen molar-refractivity contribution in [2.45, 2.75) is 50.5 Å². The lowest BCUT2D eigenvalue weighted by Gasteiger charge is -2.28. The van der Waals surface area contributed by atoms with E-state index in [0.29, 0.717) is 0 Å². The topological polar surface area (TPSA) is 69.6 Å². The highest BCUT2D eigenvalue weighted by molar-refractivity contribution is 5.33. The van der Waals surface area contributed by atoms with Crippen LogP contribution in [0.4, 0.5) is 0 Å². The Morgan fingerprint density at radius 3 is 2.57 bits per heavy atom. The number of nitrogens with two attached hydrogens (primary N) is 1. The van der Waals surface area contributed by atoms with E-state index in [2.05, 4.69) is 45.9 Å². The van der Waals surface area contributed by atoms with E-state index in [1.165, 1.54) is 18.4 Å². The number of aryl methyl sites for hydroxylation is 1. The molecule has 1 heterocycles. The minimum atomic E-state index is -0.00647. The number of hydrogen-bond acceptors (Lipinski definition) is 4. The Bertz CT molecular complexity index is 557. The fourth-order valence-corrected chi connectivity index (χ4v) is 3.48. The zero-order valence-corrected chi connectivity index (χ0v) is 12.4. The molecule has 1 fully saturated rings. The van der Waals surface area contributed by atoms with Crippen LogP contribution in [-0.2, 0) is 12.0 Å². The van der Waals surface area contributed by atoms with E-state index in [1.54, 1.807) is 0 Å². The number of nitrogens with zero attached hydrogens (tertiary/aromatic N) is 4. The average Bonchev–Trinajstić information content (AvgIpc) is 3.18. The molecule has 1 saturated carbocycles. The van der Waals surface area contributed by atoms with Crippen molar-refractivity contribution in [3.05, 3.63) is 41.7 Å². The zero-order valence-electron chi connectivity index (χ0n) is 12.4. The molecule has 1 aliphatic rings. The van der Waals surface area contributed by atoms with Crippen LogP contribution in [-0.4, -0.2) is 26.8 Å². The maximum Gasteiger partial charge on any atom is 0.161 e. The molecule has 0 amide bonds. The second kappa shape index (κ2) is 6.35. The Morgan fingerprint density at radius 1 is 1.10 bits per heavy atom. The van der Waals surface area contributed by atoms with Gasteiger partial charge in [-0.3, -0.25) is 0 Å². The Morgan fingerprint density at radius 2 is 1.86 bits per heavy atom. The van der Waals surface area contributed by atoms with Gasteiger partial charge in [0, 0.05) is 6.54 Å². The fraction of sp³-hybridized carbons (Fsp3) is 0.562. The molecular formula is C16H23N5. The van der Waals surface area contributed by atoms with E-state index in [4.69, 9.17) is 5.73 Å². The van der Waals surface area contributed by atoms with Gasteiger partial charge in [-0.25, -0.2) is 4.68 Å². The van der Waals surface area contributed by atoms with E-state index in [0.717, 1.165) is 44.6 Å². The van der Waals surface area contributed by atoms with Gasteiger partial charge < -0.3 is 5.73 Å². The van der Waals surface area contributed by atoms with Gasteiger partial charge >= 0.3 is 0 Å². The smallest absolute Gasteiger partial charge is 0.161 e. The van der Waals surface area contributed by atoms with Crippen molar-refractivity contribution in [3.63, 3.8) is 0 Å². The van der Waals surface area contributed by atoms with Gasteiger partial charge in [-0.2, -0.15) is 0 Å². The highest BCUT2D eigenvalue weighted by Gasteiger charge is 2.41. The summed E-state index contributed by atoms with van der Waals surface area (Å²) in [5.41, 5.74) is 6.92. The third kappa shape index (κ3) is 2.70. The first kappa shape index (κ1) is 14.2. The molecule has 0 atom stereocenters. The molecule has 5 nitrogen and oxygen atoms in total. The monoisotopic (exact) mass is 285 g/mol. The molecular weight excluding hydrogens is 262 g/mol. The van der Waals surface area contributed by atoms with E-state index >= 15 is 0 Å². The van der Waals surface area contributed by atoms with Crippen LogP contribution in [0.1, 0.15) is 49.9 Å². The van der Waals surface area contributed by atoms with E-state index < -0.39 is 0 Å². The molecule has 0 saturated heterocycles. The van der Waals surface area contributed by atoms with Gasteiger partial charge in [0.15, 0.2) is 5.82 Å². The Hall–Kier alpha value is -1.75. The normalized spacial score (nSPS) is 17.2. The van der Waals surface area contributed by atoms with Crippen LogP contribution in [0.15, 0.2) is 30.3 Å². The van der Waals surface area contributed by atoms with Gasteiger partial charge in [0.25, 0.3) is 0 Å². The van der Waals surface area contributed by atoms with Gasteiger partial charge in [0.2, 0.25) is 0 Å². The van der Waals surface area contributed by atoms with Crippen molar-refractivity contribution in [1.29, 1.82) is 0 Å². The largest absolute Gasteiger partial charge is 0.330 e. The first-order valence-electron chi connectivity index (χ1n) is 7.89. The Kier molecular flexibility index (Phi) is 4.29. The summed E-state index contributed by atoms with van der Waals surface area (Å²) in [7, 11) is 0. The minimum Gasteiger partial charge on any atom is -0.330 e. The highest BCUT2D eigenvalue weighted by atomic mass is 15.5. The molecule has 5 heteroatoms. The molecule has 112 valence electrons.